The second-order valence-electron chi connectivity index (χ2n) is 2.56. The van der Waals surface area contributed by atoms with Crippen LogP contribution in [0, 0.1) is 0 Å². The molecule has 0 aliphatic carbocycles. The van der Waals surface area contributed by atoms with Gasteiger partial charge >= 0.3 is 0 Å². The van der Waals surface area contributed by atoms with Gasteiger partial charge in [0.15, 0.2) is 5.62 Å². The number of hydrogen-bond acceptors (Lipinski definition) is 3. The molecule has 0 aromatic carbocycles. The lowest BCUT2D eigenvalue weighted by atomic mass is 10.6. The van der Waals surface area contributed by atoms with E-state index in [9.17, 15) is 0 Å². The molecular formula is C5H5Cl6N3. The topological polar surface area (TPSA) is 18.8 Å². The van der Waals surface area contributed by atoms with E-state index in [1.165, 1.54) is 16.2 Å². The van der Waals surface area contributed by atoms with Crippen LogP contribution in [0.25, 0.3) is 0 Å². The second-order valence-corrected chi connectivity index (χ2v) is 6.52. The van der Waals surface area contributed by atoms with Crippen molar-refractivity contribution in [3.8, 4) is 0 Å². The zero-order valence-corrected chi connectivity index (χ0v) is 11.3. The average Bonchev–Trinajstić information content (AvgIpc) is 2.30. The van der Waals surface area contributed by atoms with Gasteiger partial charge in [-0.2, -0.15) is 5.10 Å². The number of halogens is 6. The van der Waals surface area contributed by atoms with Crippen LogP contribution in [0.4, 0.5) is 0 Å². The first-order valence-electron chi connectivity index (χ1n) is 3.32. The predicted octanol–water partition coefficient (Wildman–Crippen LogP) is 3.20. The second kappa shape index (κ2) is 4.11. The zero-order chi connectivity index (χ0) is 11.1. The summed E-state index contributed by atoms with van der Waals surface area (Å²) in [6.45, 7) is 0. The smallest absolute Gasteiger partial charge is 0.241 e. The molecule has 0 amide bonds. The van der Waals surface area contributed by atoms with Crippen LogP contribution in [0.2, 0.25) is 0 Å². The van der Waals surface area contributed by atoms with Gasteiger partial charge in [-0.1, -0.05) is 69.6 Å². The van der Waals surface area contributed by atoms with E-state index in [-0.39, 0.29) is 0 Å². The third-order valence-corrected chi connectivity index (χ3v) is 4.41. The molecule has 1 aliphatic heterocycles. The summed E-state index contributed by atoms with van der Waals surface area (Å²) < 4.78 is -3.68. The Morgan fingerprint density at radius 1 is 1.21 bits per heavy atom. The van der Waals surface area contributed by atoms with Gasteiger partial charge in [-0.3, -0.25) is 9.91 Å². The number of rotatable bonds is 1. The summed E-state index contributed by atoms with van der Waals surface area (Å²) in [6, 6.07) is 0. The van der Waals surface area contributed by atoms with Gasteiger partial charge in [0.1, 0.15) is 6.34 Å². The fourth-order valence-corrected chi connectivity index (χ4v) is 1.69. The molecule has 0 saturated carbocycles. The van der Waals surface area contributed by atoms with Crippen molar-refractivity contribution in [1.29, 1.82) is 0 Å². The molecule has 1 heterocycles. The van der Waals surface area contributed by atoms with Crippen molar-refractivity contribution in [2.24, 2.45) is 5.10 Å². The molecule has 0 radical (unpaired) electrons. The highest BCUT2D eigenvalue weighted by molar-refractivity contribution is 6.75. The van der Waals surface area contributed by atoms with Crippen molar-refractivity contribution in [2.75, 3.05) is 7.05 Å². The van der Waals surface area contributed by atoms with Crippen LogP contribution in [0.3, 0.4) is 0 Å². The van der Waals surface area contributed by atoms with Crippen molar-refractivity contribution in [2.45, 2.75) is 13.9 Å². The summed E-state index contributed by atoms with van der Waals surface area (Å²) in [7, 11) is 1.64. The van der Waals surface area contributed by atoms with Crippen molar-refractivity contribution in [3.05, 3.63) is 0 Å². The van der Waals surface area contributed by atoms with E-state index in [0.717, 1.165) is 0 Å². The maximum Gasteiger partial charge on any atom is 0.241 e. The normalized spacial score (nSPS) is 23.5. The van der Waals surface area contributed by atoms with Crippen LogP contribution in [-0.4, -0.2) is 37.2 Å². The molecule has 82 valence electrons. The van der Waals surface area contributed by atoms with E-state index in [2.05, 4.69) is 5.10 Å². The lowest BCUT2D eigenvalue weighted by Crippen LogP contribution is -2.51. The summed E-state index contributed by atoms with van der Waals surface area (Å²) in [4.78, 5) is 1.23. The molecule has 0 aromatic heterocycles. The van der Waals surface area contributed by atoms with Gasteiger partial charge in [0, 0.05) is 7.05 Å². The number of alkyl halides is 6. The van der Waals surface area contributed by atoms with Gasteiger partial charge in [0.25, 0.3) is 0 Å². The fourth-order valence-electron chi connectivity index (χ4n) is 0.780. The first-order chi connectivity index (χ1) is 6.18. The highest BCUT2D eigenvalue weighted by Gasteiger charge is 2.53. The Hall–Kier alpha value is 1.01. The van der Waals surface area contributed by atoms with Gasteiger partial charge in [-0.25, -0.2) is 0 Å². The Morgan fingerprint density at radius 3 is 2.00 bits per heavy atom. The average molecular weight is 320 g/mol. The molecule has 0 spiro atoms. The van der Waals surface area contributed by atoms with Gasteiger partial charge in [-0.05, 0) is 0 Å². The zero-order valence-electron chi connectivity index (χ0n) is 6.76. The summed E-state index contributed by atoms with van der Waals surface area (Å²) in [6.07, 6.45) is 1.31. The van der Waals surface area contributed by atoms with Crippen LogP contribution in [0.5, 0.6) is 0 Å². The van der Waals surface area contributed by atoms with Crippen molar-refractivity contribution >= 4 is 75.9 Å². The van der Waals surface area contributed by atoms with Gasteiger partial charge in [-0.15, -0.1) is 0 Å². The van der Waals surface area contributed by atoms with Gasteiger partial charge in [0.2, 0.25) is 8.25 Å². The molecule has 0 N–H and O–H groups in total. The summed E-state index contributed by atoms with van der Waals surface area (Å²) in [5.41, 5.74) is -0.694. The van der Waals surface area contributed by atoms with Crippen LogP contribution < -0.4 is 0 Å². The lowest BCUT2D eigenvalue weighted by molar-refractivity contribution is 0.212. The van der Waals surface area contributed by atoms with Crippen LogP contribution in [0.15, 0.2) is 5.10 Å². The van der Waals surface area contributed by atoms with E-state index < -0.39 is 13.9 Å². The van der Waals surface area contributed by atoms with Crippen LogP contribution in [-0.2, 0) is 0 Å². The number of hydrogen-bond donors (Lipinski definition) is 0. The fraction of sp³-hybridized carbons (Fsp3) is 0.800. The largest absolute Gasteiger partial charge is 0.291 e. The minimum absolute atomic E-state index is 0.694. The molecule has 14 heavy (non-hydrogen) atoms. The molecule has 9 heteroatoms. The Labute approximate surface area is 111 Å². The SMILES string of the molecule is CN1N=CN(C(Cl)(Cl)C(Cl)(Cl)Cl)C1Cl. The van der Waals surface area contributed by atoms with E-state index >= 15 is 0 Å². The minimum Gasteiger partial charge on any atom is -0.291 e. The Kier molecular flexibility index (Phi) is 3.84. The van der Waals surface area contributed by atoms with Crippen molar-refractivity contribution in [1.82, 2.24) is 9.91 Å². The molecule has 0 saturated heterocycles. The highest BCUT2D eigenvalue weighted by atomic mass is 35.6. The third-order valence-electron chi connectivity index (χ3n) is 1.56. The maximum absolute atomic E-state index is 5.90. The summed E-state index contributed by atoms with van der Waals surface area (Å²) in [5.74, 6) is 0. The van der Waals surface area contributed by atoms with E-state index in [4.69, 9.17) is 69.6 Å². The molecule has 1 atom stereocenters. The Morgan fingerprint density at radius 2 is 1.71 bits per heavy atom. The standard InChI is InChI=1S/C5H5Cl6N3/c1-13-3(6)14(2-12-13)5(10,11)4(7,8)9/h2-3H,1H3. The lowest BCUT2D eigenvalue weighted by Gasteiger charge is -2.37. The molecule has 0 fully saturated rings. The summed E-state index contributed by atoms with van der Waals surface area (Å²) >= 11 is 34.5. The first kappa shape index (κ1) is 13.1. The highest BCUT2D eigenvalue weighted by Crippen LogP contribution is 2.49. The molecule has 0 bridgehead atoms. The van der Waals surface area contributed by atoms with E-state index in [1.54, 1.807) is 7.05 Å². The quantitative estimate of drug-likeness (QED) is 0.546. The van der Waals surface area contributed by atoms with Crippen molar-refractivity contribution < 1.29 is 0 Å². The molecule has 1 unspecified atom stereocenters. The minimum atomic E-state index is -1.90. The van der Waals surface area contributed by atoms with E-state index in [0.29, 0.717) is 0 Å². The first-order valence-corrected chi connectivity index (χ1v) is 5.64. The maximum atomic E-state index is 5.90. The monoisotopic (exact) mass is 317 g/mol. The molecule has 0 aromatic rings. The Bertz CT molecular complexity index is 248. The molecular weight excluding hydrogens is 315 g/mol. The van der Waals surface area contributed by atoms with Gasteiger partial charge < -0.3 is 0 Å². The molecule has 1 aliphatic rings. The number of hydrazone groups is 1. The summed E-state index contributed by atoms with van der Waals surface area (Å²) in [5, 5.41) is 5.25. The van der Waals surface area contributed by atoms with Crippen LogP contribution >= 0.6 is 69.6 Å². The third kappa shape index (κ3) is 2.23. The van der Waals surface area contributed by atoms with E-state index in [1.807, 2.05) is 0 Å². The molecule has 1 rings (SSSR count). The molecule has 3 nitrogen and oxygen atoms in total. The van der Waals surface area contributed by atoms with Crippen molar-refractivity contribution in [3.63, 3.8) is 0 Å². The van der Waals surface area contributed by atoms with Crippen LogP contribution in [0.1, 0.15) is 0 Å². The van der Waals surface area contributed by atoms with Gasteiger partial charge in [0.05, 0.1) is 0 Å². The predicted molar refractivity (Wildman–Crippen MR) is 62.5 cm³/mol. The Balaban J connectivity index is 2.90. The number of nitrogens with zero attached hydrogens (tertiary/aromatic N) is 3.